The third kappa shape index (κ3) is 4.02. The molecule has 140 valence electrons. The molecule has 3 aromatic rings. The Morgan fingerprint density at radius 1 is 1.04 bits per heavy atom. The normalized spacial score (nSPS) is 11.5. The van der Waals surface area contributed by atoms with Crippen LogP contribution in [0.25, 0.3) is 5.69 Å². The fraction of sp³-hybridized carbons (Fsp3) is 0.200. The molecule has 1 aromatic heterocycles. The second-order valence-corrected chi connectivity index (χ2v) is 6.36. The molecule has 0 spiro atoms. The Bertz CT molecular complexity index is 1010. The van der Waals surface area contributed by atoms with Crippen LogP contribution in [0.5, 0.6) is 0 Å². The quantitative estimate of drug-likeness (QED) is 0.697. The lowest BCUT2D eigenvalue weighted by Gasteiger charge is -2.14. The first kappa shape index (κ1) is 18.7. The Labute approximate surface area is 154 Å². The molecule has 1 heterocycles. The molecule has 0 aliphatic carbocycles. The summed E-state index contributed by atoms with van der Waals surface area (Å²) in [5, 5.41) is 2.57. The predicted molar refractivity (Wildman–Crippen MR) is 97.2 cm³/mol. The number of hydrogen-bond donors (Lipinski definition) is 1. The number of carbonyl (C=O) groups is 1. The number of hydrogen-bond acceptors (Lipinski definition) is 2. The molecule has 0 radical (unpaired) electrons. The number of aryl methyl sites for hydroxylation is 3. The van der Waals surface area contributed by atoms with E-state index < -0.39 is 17.6 Å². The van der Waals surface area contributed by atoms with Gasteiger partial charge in [-0.15, -0.1) is 0 Å². The molecule has 0 bridgehead atoms. The number of imidazole rings is 1. The number of rotatable bonds is 3. The van der Waals surface area contributed by atoms with Crippen LogP contribution in [-0.4, -0.2) is 15.5 Å². The summed E-state index contributed by atoms with van der Waals surface area (Å²) in [5.74, 6) is 0.0755. The highest BCUT2D eigenvalue weighted by Gasteiger charge is 2.31. The summed E-state index contributed by atoms with van der Waals surface area (Å²) >= 11 is 0. The molecule has 7 heteroatoms. The molecular weight excluding hydrogens is 355 g/mol. The lowest BCUT2D eigenvalue weighted by atomic mass is 10.1. The van der Waals surface area contributed by atoms with Gasteiger partial charge < -0.3 is 9.88 Å². The van der Waals surface area contributed by atoms with Gasteiger partial charge in [0.05, 0.1) is 5.56 Å². The van der Waals surface area contributed by atoms with E-state index in [-0.39, 0.29) is 11.4 Å². The van der Waals surface area contributed by atoms with E-state index in [1.165, 1.54) is 16.8 Å². The van der Waals surface area contributed by atoms with Crippen molar-refractivity contribution in [2.45, 2.75) is 26.9 Å². The van der Waals surface area contributed by atoms with Crippen LogP contribution in [0.1, 0.15) is 32.9 Å². The highest BCUT2D eigenvalue weighted by atomic mass is 19.4. The van der Waals surface area contributed by atoms with Crippen LogP contribution in [0.4, 0.5) is 18.9 Å². The van der Waals surface area contributed by atoms with Crippen molar-refractivity contribution in [3.63, 3.8) is 0 Å². The Morgan fingerprint density at radius 2 is 1.78 bits per heavy atom. The second kappa shape index (κ2) is 6.90. The minimum atomic E-state index is -4.54. The van der Waals surface area contributed by atoms with Crippen LogP contribution in [0.3, 0.4) is 0 Å². The molecule has 0 saturated carbocycles. The monoisotopic (exact) mass is 373 g/mol. The van der Waals surface area contributed by atoms with Crippen LogP contribution in [0.15, 0.2) is 48.8 Å². The van der Waals surface area contributed by atoms with Gasteiger partial charge in [0.15, 0.2) is 0 Å². The summed E-state index contributed by atoms with van der Waals surface area (Å²) in [5.41, 5.74) is 1.84. The van der Waals surface area contributed by atoms with E-state index in [0.29, 0.717) is 11.4 Å². The number of amides is 1. The molecule has 3 rings (SSSR count). The number of halogens is 3. The summed E-state index contributed by atoms with van der Waals surface area (Å²) in [6.07, 6.45) is -1.47. The van der Waals surface area contributed by atoms with Gasteiger partial charge in [-0.25, -0.2) is 4.98 Å². The first-order valence-electron chi connectivity index (χ1n) is 8.26. The third-order valence-corrected chi connectivity index (χ3v) is 4.38. The molecule has 0 fully saturated rings. The lowest BCUT2D eigenvalue weighted by Crippen LogP contribution is -2.14. The molecular formula is C20H18F3N3O. The van der Waals surface area contributed by atoms with Crippen molar-refractivity contribution < 1.29 is 18.0 Å². The Morgan fingerprint density at radius 3 is 2.37 bits per heavy atom. The number of benzene rings is 2. The van der Waals surface area contributed by atoms with E-state index in [2.05, 4.69) is 10.3 Å². The van der Waals surface area contributed by atoms with E-state index in [9.17, 15) is 18.0 Å². The number of nitrogens with one attached hydrogen (secondary N) is 1. The predicted octanol–water partition coefficient (Wildman–Crippen LogP) is 5.07. The van der Waals surface area contributed by atoms with Crippen molar-refractivity contribution in [1.82, 2.24) is 9.55 Å². The summed E-state index contributed by atoms with van der Waals surface area (Å²) in [6.45, 7) is 5.48. The number of nitrogens with zero attached hydrogens (tertiary/aromatic N) is 2. The van der Waals surface area contributed by atoms with Gasteiger partial charge in [0.25, 0.3) is 5.91 Å². The maximum atomic E-state index is 13.3. The third-order valence-electron chi connectivity index (χ3n) is 4.38. The van der Waals surface area contributed by atoms with Crippen LogP contribution in [0.2, 0.25) is 0 Å². The van der Waals surface area contributed by atoms with Gasteiger partial charge in [0.1, 0.15) is 5.82 Å². The van der Waals surface area contributed by atoms with Crippen molar-refractivity contribution in [2.75, 3.05) is 5.32 Å². The Kier molecular flexibility index (Phi) is 4.78. The molecule has 1 amide bonds. The van der Waals surface area contributed by atoms with Gasteiger partial charge in [0.2, 0.25) is 0 Å². The average Bonchev–Trinajstić information content (AvgIpc) is 3.02. The molecule has 27 heavy (non-hydrogen) atoms. The molecule has 0 atom stereocenters. The van der Waals surface area contributed by atoms with Crippen LogP contribution in [-0.2, 0) is 6.18 Å². The van der Waals surface area contributed by atoms with Crippen molar-refractivity contribution >= 4 is 11.6 Å². The van der Waals surface area contributed by atoms with Crippen molar-refractivity contribution in [1.29, 1.82) is 0 Å². The fourth-order valence-corrected chi connectivity index (χ4v) is 2.72. The number of aromatic nitrogens is 2. The standard InChI is InChI=1S/C20H18F3N3O/c1-12-4-5-15(8-13(12)2)19(27)25-17-9-16(20(21,22)23)10-18(11-17)26-7-6-24-14(26)3/h4-11H,1-3H3,(H,25,27). The Hall–Kier alpha value is -3.09. The average molecular weight is 373 g/mol. The Balaban J connectivity index is 2.00. The van der Waals surface area contributed by atoms with E-state index in [0.717, 1.165) is 23.3 Å². The lowest BCUT2D eigenvalue weighted by molar-refractivity contribution is -0.137. The van der Waals surface area contributed by atoms with Gasteiger partial charge in [-0.3, -0.25) is 4.79 Å². The minimum Gasteiger partial charge on any atom is -0.322 e. The number of carbonyl (C=O) groups excluding carboxylic acids is 1. The number of alkyl halides is 3. The highest BCUT2D eigenvalue weighted by molar-refractivity contribution is 6.04. The molecule has 0 aliphatic heterocycles. The largest absolute Gasteiger partial charge is 0.416 e. The minimum absolute atomic E-state index is 0.0659. The van der Waals surface area contributed by atoms with Gasteiger partial charge in [-0.05, 0) is 62.2 Å². The zero-order valence-electron chi connectivity index (χ0n) is 15.1. The van der Waals surface area contributed by atoms with Gasteiger partial charge in [-0.2, -0.15) is 13.2 Å². The molecule has 4 nitrogen and oxygen atoms in total. The maximum absolute atomic E-state index is 13.3. The van der Waals surface area contributed by atoms with E-state index in [1.807, 2.05) is 13.8 Å². The van der Waals surface area contributed by atoms with Crippen molar-refractivity contribution in [3.05, 3.63) is 76.9 Å². The maximum Gasteiger partial charge on any atom is 0.416 e. The molecule has 1 N–H and O–H groups in total. The van der Waals surface area contributed by atoms with Gasteiger partial charge in [0, 0.05) is 29.3 Å². The molecule has 0 unspecified atom stereocenters. The highest BCUT2D eigenvalue weighted by Crippen LogP contribution is 2.33. The topological polar surface area (TPSA) is 46.9 Å². The van der Waals surface area contributed by atoms with Crippen molar-refractivity contribution in [3.8, 4) is 5.69 Å². The van der Waals surface area contributed by atoms with Crippen LogP contribution >= 0.6 is 0 Å². The zero-order valence-corrected chi connectivity index (χ0v) is 15.1. The molecule has 0 aliphatic rings. The summed E-state index contributed by atoms with van der Waals surface area (Å²) in [4.78, 5) is 16.5. The first-order valence-corrected chi connectivity index (χ1v) is 8.26. The SMILES string of the molecule is Cc1ccc(C(=O)Nc2cc(-n3ccnc3C)cc(C(F)(F)F)c2)cc1C. The smallest absolute Gasteiger partial charge is 0.322 e. The van der Waals surface area contributed by atoms with Crippen molar-refractivity contribution in [2.24, 2.45) is 0 Å². The molecule has 2 aromatic carbocycles. The van der Waals surface area contributed by atoms with Crippen LogP contribution < -0.4 is 5.32 Å². The molecule has 0 saturated heterocycles. The van der Waals surface area contributed by atoms with Crippen LogP contribution in [0, 0.1) is 20.8 Å². The fourth-order valence-electron chi connectivity index (χ4n) is 2.72. The van der Waals surface area contributed by atoms with E-state index in [4.69, 9.17) is 0 Å². The second-order valence-electron chi connectivity index (χ2n) is 6.36. The summed E-state index contributed by atoms with van der Waals surface area (Å²) in [6, 6.07) is 8.60. The van der Waals surface area contributed by atoms with E-state index in [1.54, 1.807) is 31.3 Å². The number of anilines is 1. The van der Waals surface area contributed by atoms with E-state index >= 15 is 0 Å². The first-order chi connectivity index (χ1) is 12.6. The van der Waals surface area contributed by atoms with Gasteiger partial charge >= 0.3 is 6.18 Å². The zero-order chi connectivity index (χ0) is 19.8. The summed E-state index contributed by atoms with van der Waals surface area (Å²) in [7, 11) is 0. The summed E-state index contributed by atoms with van der Waals surface area (Å²) < 4.78 is 41.5. The van der Waals surface area contributed by atoms with Gasteiger partial charge in [-0.1, -0.05) is 6.07 Å².